The summed E-state index contributed by atoms with van der Waals surface area (Å²) in [6.07, 6.45) is 0.664. The van der Waals surface area contributed by atoms with Crippen LogP contribution in [0.4, 0.5) is 5.82 Å². The highest BCUT2D eigenvalue weighted by molar-refractivity contribution is 5.92. The highest BCUT2D eigenvalue weighted by atomic mass is 16.7. The summed E-state index contributed by atoms with van der Waals surface area (Å²) in [5.74, 6) is 3.55. The van der Waals surface area contributed by atoms with Crippen molar-refractivity contribution in [1.29, 1.82) is 0 Å². The molecule has 1 N–H and O–H groups in total. The molecule has 5 rings (SSSR count). The molecule has 1 saturated carbocycles. The molecule has 3 aliphatic rings. The fraction of sp³-hybridized carbons (Fsp3) is 0.478. The number of carbonyl (C=O) groups is 1. The fourth-order valence-electron chi connectivity index (χ4n) is 4.78. The lowest BCUT2D eigenvalue weighted by molar-refractivity contribution is -0.0232. The molecule has 1 aromatic carbocycles. The molecule has 31 heavy (non-hydrogen) atoms. The van der Waals surface area contributed by atoms with E-state index in [1.54, 1.807) is 20.2 Å². The van der Waals surface area contributed by atoms with Crippen molar-refractivity contribution in [2.24, 2.45) is 11.8 Å². The van der Waals surface area contributed by atoms with E-state index in [0.717, 1.165) is 25.3 Å². The molecule has 4 atom stereocenters. The van der Waals surface area contributed by atoms with Gasteiger partial charge in [0.1, 0.15) is 23.4 Å². The van der Waals surface area contributed by atoms with E-state index in [2.05, 4.69) is 9.88 Å². The molecular weight excluding hydrogens is 398 g/mol. The van der Waals surface area contributed by atoms with Crippen LogP contribution >= 0.6 is 0 Å². The number of hydrogen-bond donors (Lipinski definition) is 1. The van der Waals surface area contributed by atoms with E-state index in [1.165, 1.54) is 4.90 Å². The molecule has 1 aliphatic carbocycles. The maximum atomic E-state index is 12.3. The Morgan fingerprint density at radius 3 is 2.71 bits per heavy atom. The van der Waals surface area contributed by atoms with Gasteiger partial charge in [-0.2, -0.15) is 0 Å². The summed E-state index contributed by atoms with van der Waals surface area (Å²) >= 11 is 0. The fourth-order valence-corrected chi connectivity index (χ4v) is 4.78. The van der Waals surface area contributed by atoms with Crippen molar-refractivity contribution in [1.82, 2.24) is 9.88 Å². The van der Waals surface area contributed by atoms with E-state index in [0.29, 0.717) is 41.2 Å². The third-order valence-corrected chi connectivity index (χ3v) is 6.40. The second-order valence-electron chi connectivity index (χ2n) is 8.72. The van der Waals surface area contributed by atoms with Crippen molar-refractivity contribution < 1.29 is 24.1 Å². The Balaban J connectivity index is 1.27. The number of carbonyl (C=O) groups excluding carboxylic acids is 1. The Kier molecular flexibility index (Phi) is 5.09. The van der Waals surface area contributed by atoms with Crippen LogP contribution in [0.3, 0.4) is 0 Å². The first-order chi connectivity index (χ1) is 15.0. The van der Waals surface area contributed by atoms with Crippen LogP contribution in [-0.2, 0) is 0 Å². The van der Waals surface area contributed by atoms with Gasteiger partial charge in [0.2, 0.25) is 6.79 Å². The Morgan fingerprint density at radius 1 is 1.13 bits per heavy atom. The molecule has 1 amide bonds. The van der Waals surface area contributed by atoms with Gasteiger partial charge in [0, 0.05) is 33.3 Å². The predicted molar refractivity (Wildman–Crippen MR) is 114 cm³/mol. The molecule has 3 heterocycles. The maximum Gasteiger partial charge on any atom is 0.272 e. The molecule has 164 valence electrons. The van der Waals surface area contributed by atoms with Crippen LogP contribution in [0.25, 0.3) is 0 Å². The number of benzene rings is 1. The topological polar surface area (TPSA) is 84.4 Å². The maximum absolute atomic E-state index is 12.3. The lowest BCUT2D eigenvalue weighted by atomic mass is 9.78. The number of rotatable bonds is 4. The molecule has 0 spiro atoms. The molecule has 1 aromatic heterocycles. The van der Waals surface area contributed by atoms with Gasteiger partial charge in [-0.25, -0.2) is 4.98 Å². The smallest absolute Gasteiger partial charge is 0.272 e. The van der Waals surface area contributed by atoms with Gasteiger partial charge < -0.3 is 29.1 Å². The SMILES string of the molecule is CN(C)C(=O)c1cccc(N2C[C@H]3C[C@@H](Oc4ccc5c(c4)OCO5)[C@H](O)C[C@H]3C2)n1. The Bertz CT molecular complexity index is 981. The predicted octanol–water partition coefficient (Wildman–Crippen LogP) is 2.17. The highest BCUT2D eigenvalue weighted by Crippen LogP contribution is 2.41. The highest BCUT2D eigenvalue weighted by Gasteiger charge is 2.43. The van der Waals surface area contributed by atoms with Gasteiger partial charge >= 0.3 is 0 Å². The van der Waals surface area contributed by atoms with E-state index in [4.69, 9.17) is 14.2 Å². The third-order valence-electron chi connectivity index (χ3n) is 6.40. The van der Waals surface area contributed by atoms with Crippen molar-refractivity contribution in [2.45, 2.75) is 25.0 Å². The van der Waals surface area contributed by atoms with Crippen LogP contribution in [0, 0.1) is 11.8 Å². The van der Waals surface area contributed by atoms with E-state index in [-0.39, 0.29) is 18.8 Å². The minimum absolute atomic E-state index is 0.105. The Labute approximate surface area is 181 Å². The first-order valence-electron chi connectivity index (χ1n) is 10.7. The number of amides is 1. The van der Waals surface area contributed by atoms with Crippen LogP contribution in [0.5, 0.6) is 17.2 Å². The molecule has 0 bridgehead atoms. The zero-order valence-electron chi connectivity index (χ0n) is 17.7. The Hall–Kier alpha value is -3.00. The largest absolute Gasteiger partial charge is 0.488 e. The molecule has 0 radical (unpaired) electrons. The summed E-state index contributed by atoms with van der Waals surface area (Å²) in [5, 5.41) is 10.7. The lowest BCUT2D eigenvalue weighted by Crippen LogP contribution is -2.42. The molecule has 8 nitrogen and oxygen atoms in total. The summed E-state index contributed by atoms with van der Waals surface area (Å²) in [7, 11) is 3.45. The van der Waals surface area contributed by atoms with E-state index in [1.807, 2.05) is 30.3 Å². The minimum Gasteiger partial charge on any atom is -0.488 e. The van der Waals surface area contributed by atoms with Crippen LogP contribution in [0.1, 0.15) is 23.3 Å². The summed E-state index contributed by atoms with van der Waals surface area (Å²) in [6.45, 7) is 1.88. The molecular formula is C23H27N3O5. The zero-order valence-corrected chi connectivity index (χ0v) is 17.7. The standard InChI is InChI=1S/C23H27N3O5/c1-25(2)23(28)17-4-3-5-22(24-17)26-11-14-8-18(27)20(9-15(14)12-26)31-16-6-7-19-21(10-16)30-13-29-19/h3-7,10,14-15,18,20,27H,8-9,11-13H2,1-2H3/t14-,15+,18+,20+/m0/s1. The zero-order chi connectivity index (χ0) is 21.5. The van der Waals surface area contributed by atoms with Crippen LogP contribution in [0.15, 0.2) is 36.4 Å². The average Bonchev–Trinajstić information content (AvgIpc) is 3.39. The van der Waals surface area contributed by atoms with Gasteiger partial charge in [-0.15, -0.1) is 0 Å². The number of nitrogens with zero attached hydrogens (tertiary/aromatic N) is 3. The number of pyridine rings is 1. The van der Waals surface area contributed by atoms with E-state index in [9.17, 15) is 9.90 Å². The Morgan fingerprint density at radius 2 is 1.90 bits per heavy atom. The number of fused-ring (bicyclic) bond motifs is 2. The van der Waals surface area contributed by atoms with E-state index < -0.39 is 6.10 Å². The van der Waals surface area contributed by atoms with Gasteiger partial charge in [-0.05, 0) is 48.9 Å². The monoisotopic (exact) mass is 425 g/mol. The number of ether oxygens (including phenoxy) is 3. The van der Waals surface area contributed by atoms with Crippen molar-refractivity contribution >= 4 is 11.7 Å². The second-order valence-corrected chi connectivity index (χ2v) is 8.72. The van der Waals surface area contributed by atoms with Gasteiger partial charge in [0.05, 0.1) is 6.10 Å². The molecule has 2 aromatic rings. The number of aromatic nitrogens is 1. The number of hydrogen-bond acceptors (Lipinski definition) is 7. The average molecular weight is 425 g/mol. The molecule has 0 unspecified atom stereocenters. The first kappa shape index (κ1) is 19.9. The minimum atomic E-state index is -0.527. The van der Waals surface area contributed by atoms with Crippen molar-refractivity contribution in [3.63, 3.8) is 0 Å². The number of anilines is 1. The van der Waals surface area contributed by atoms with Crippen LogP contribution in [-0.4, -0.2) is 67.1 Å². The quantitative estimate of drug-likeness (QED) is 0.804. The second kappa shape index (κ2) is 7.92. The lowest BCUT2D eigenvalue weighted by Gasteiger charge is -2.35. The molecule has 2 fully saturated rings. The first-order valence-corrected chi connectivity index (χ1v) is 10.7. The summed E-state index contributed by atoms with van der Waals surface area (Å²) in [5.41, 5.74) is 0.446. The van der Waals surface area contributed by atoms with Gasteiger partial charge in [0.15, 0.2) is 11.5 Å². The summed E-state index contributed by atoms with van der Waals surface area (Å²) in [6, 6.07) is 11.1. The third kappa shape index (κ3) is 3.87. The van der Waals surface area contributed by atoms with Crippen molar-refractivity contribution in [3.8, 4) is 17.2 Å². The summed E-state index contributed by atoms with van der Waals surface area (Å²) < 4.78 is 16.9. The van der Waals surface area contributed by atoms with E-state index >= 15 is 0 Å². The van der Waals surface area contributed by atoms with Gasteiger partial charge in [0.25, 0.3) is 5.91 Å². The van der Waals surface area contributed by atoms with Gasteiger partial charge in [-0.3, -0.25) is 4.79 Å². The van der Waals surface area contributed by atoms with Crippen LogP contribution in [0.2, 0.25) is 0 Å². The molecule has 2 aliphatic heterocycles. The van der Waals surface area contributed by atoms with Crippen LogP contribution < -0.4 is 19.1 Å². The normalized spacial score (nSPS) is 26.5. The van der Waals surface area contributed by atoms with Gasteiger partial charge in [-0.1, -0.05) is 6.07 Å². The van der Waals surface area contributed by atoms with Crippen molar-refractivity contribution in [2.75, 3.05) is 38.9 Å². The number of aliphatic hydroxyl groups is 1. The van der Waals surface area contributed by atoms with Crippen molar-refractivity contribution in [3.05, 3.63) is 42.1 Å². The molecule has 8 heteroatoms. The number of aliphatic hydroxyl groups excluding tert-OH is 1. The summed E-state index contributed by atoms with van der Waals surface area (Å²) in [4.78, 5) is 20.6. The molecule has 1 saturated heterocycles.